The van der Waals surface area contributed by atoms with E-state index < -0.39 is 6.73 Å². The molecule has 2 aromatic rings. The van der Waals surface area contributed by atoms with E-state index in [2.05, 4.69) is 50.8 Å². The van der Waals surface area contributed by atoms with Crippen LogP contribution in [0.1, 0.15) is 69.7 Å². The van der Waals surface area contributed by atoms with Crippen molar-refractivity contribution in [1.82, 2.24) is 5.12 Å². The van der Waals surface area contributed by atoms with Gasteiger partial charge >= 0.3 is 0 Å². The second kappa shape index (κ2) is 16.8. The Morgan fingerprint density at radius 3 is 1.75 bits per heavy atom. The maximum absolute atomic E-state index is 11.0. The van der Waals surface area contributed by atoms with Crippen molar-refractivity contribution >= 4 is 0 Å². The Morgan fingerprint density at radius 2 is 1.36 bits per heavy atom. The molecule has 3 nitrogen and oxygen atoms in total. The first kappa shape index (κ1) is 27.9. The van der Waals surface area contributed by atoms with Gasteiger partial charge < -0.3 is 10.2 Å². The summed E-state index contributed by atoms with van der Waals surface area (Å²) in [6.45, 7) is 14.0. The monoisotopic (exact) mass is 389 g/mol. The Kier molecular flexibility index (Phi) is 16.7. The number of hydrogen-bond donors (Lipinski definition) is 2. The molecule has 0 radical (unpaired) electrons. The van der Waals surface area contributed by atoms with Crippen LogP contribution in [0, 0.1) is 18.8 Å². The van der Waals surface area contributed by atoms with Gasteiger partial charge in [0.2, 0.25) is 0 Å². The molecule has 4 heteroatoms. The van der Waals surface area contributed by atoms with Gasteiger partial charge in [-0.3, -0.25) is 0 Å². The van der Waals surface area contributed by atoms with Crippen LogP contribution in [0.4, 0.5) is 4.48 Å². The first-order valence-corrected chi connectivity index (χ1v) is 9.73. The summed E-state index contributed by atoms with van der Waals surface area (Å²) in [6, 6.07) is 13.3. The molecule has 0 saturated carbocycles. The van der Waals surface area contributed by atoms with Crippen molar-refractivity contribution in [2.75, 3.05) is 13.8 Å². The highest BCUT2D eigenvalue weighted by Crippen LogP contribution is 2.19. The molecule has 2 rings (SSSR count). The predicted molar refractivity (Wildman–Crippen MR) is 118 cm³/mol. The Bertz CT molecular complexity index is 699. The lowest BCUT2D eigenvalue weighted by atomic mass is 9.96. The fourth-order valence-corrected chi connectivity index (χ4v) is 2.09. The highest BCUT2D eigenvalue weighted by molar-refractivity contribution is 5.46. The standard InChI is InChI=1S/C18H18O.C2H6FNO.2C2H6/c1-13(2)18-11-8-16(12-14(18)3)5-4-15-6-9-17(19)10-7-15;1-4(3)2-5;2*1-2/h6-13,19H,1-3H3;5H,2H2,1H3;2*1-2H3. The van der Waals surface area contributed by atoms with Gasteiger partial charge in [0.1, 0.15) is 12.5 Å². The normalized spacial score (nSPS) is 9.00. The van der Waals surface area contributed by atoms with Crippen LogP contribution in [0.25, 0.3) is 0 Å². The molecular formula is C24H36FNO2. The molecule has 0 aliphatic carbocycles. The number of aryl methyl sites for hydroxylation is 1. The van der Waals surface area contributed by atoms with Crippen molar-refractivity contribution in [2.45, 2.75) is 54.4 Å². The number of aliphatic hydroxyl groups excluding tert-OH is 1. The zero-order chi connectivity index (χ0) is 22.1. The second-order valence-electron chi connectivity index (χ2n) is 5.77. The van der Waals surface area contributed by atoms with Gasteiger partial charge in [0.25, 0.3) is 0 Å². The van der Waals surface area contributed by atoms with E-state index in [0.717, 1.165) is 18.2 Å². The molecule has 0 aromatic heterocycles. The highest BCUT2D eigenvalue weighted by atomic mass is 19.2. The first-order valence-electron chi connectivity index (χ1n) is 9.73. The Balaban J connectivity index is 0. The highest BCUT2D eigenvalue weighted by Gasteiger charge is 2.02. The van der Waals surface area contributed by atoms with Gasteiger partial charge in [-0.1, -0.05) is 59.4 Å². The van der Waals surface area contributed by atoms with Crippen LogP contribution in [-0.4, -0.2) is 29.1 Å². The third-order valence-corrected chi connectivity index (χ3v) is 3.31. The Morgan fingerprint density at radius 1 is 0.929 bits per heavy atom. The van der Waals surface area contributed by atoms with Gasteiger partial charge in [-0.15, -0.1) is 9.60 Å². The molecule has 0 aliphatic heterocycles. The van der Waals surface area contributed by atoms with E-state index in [4.69, 9.17) is 5.11 Å². The average Bonchev–Trinajstić information content (AvgIpc) is 2.71. The molecule has 0 saturated heterocycles. The number of halogens is 1. The van der Waals surface area contributed by atoms with Crippen LogP contribution in [0.2, 0.25) is 0 Å². The van der Waals surface area contributed by atoms with Gasteiger partial charge in [0, 0.05) is 18.2 Å². The average molecular weight is 390 g/mol. The summed E-state index contributed by atoms with van der Waals surface area (Å²) < 4.78 is 11.0. The summed E-state index contributed by atoms with van der Waals surface area (Å²) in [5.74, 6) is 7.07. The zero-order valence-corrected chi connectivity index (χ0v) is 18.5. The molecule has 0 heterocycles. The van der Waals surface area contributed by atoms with Crippen molar-refractivity contribution in [2.24, 2.45) is 0 Å². The summed E-state index contributed by atoms with van der Waals surface area (Å²) in [5.41, 5.74) is 4.58. The van der Waals surface area contributed by atoms with Crippen LogP contribution in [-0.2, 0) is 0 Å². The van der Waals surface area contributed by atoms with E-state index in [-0.39, 0.29) is 10.9 Å². The number of aliphatic hydroxyl groups is 1. The maximum atomic E-state index is 11.0. The molecule has 0 aliphatic rings. The van der Waals surface area contributed by atoms with Gasteiger partial charge in [-0.25, -0.2) is 0 Å². The van der Waals surface area contributed by atoms with Crippen LogP contribution in [0.3, 0.4) is 0 Å². The lowest BCUT2D eigenvalue weighted by Gasteiger charge is -2.09. The minimum Gasteiger partial charge on any atom is -0.508 e. The van der Waals surface area contributed by atoms with Crippen LogP contribution >= 0.6 is 0 Å². The van der Waals surface area contributed by atoms with Crippen LogP contribution < -0.4 is 0 Å². The molecule has 0 bridgehead atoms. The van der Waals surface area contributed by atoms with Crippen molar-refractivity contribution in [3.8, 4) is 17.6 Å². The van der Waals surface area contributed by atoms with E-state index in [1.54, 1.807) is 12.1 Å². The van der Waals surface area contributed by atoms with Gasteiger partial charge in [-0.2, -0.15) is 0 Å². The SMILES string of the molecule is CC.CC.CN(F)CO.Cc1cc(C#Cc2ccc(O)cc2)ccc1C(C)C. The van der Waals surface area contributed by atoms with E-state index >= 15 is 0 Å². The molecule has 156 valence electrons. The van der Waals surface area contributed by atoms with E-state index in [9.17, 15) is 9.59 Å². The quantitative estimate of drug-likeness (QED) is 0.374. The molecule has 28 heavy (non-hydrogen) atoms. The summed E-state index contributed by atoms with van der Waals surface area (Å²) in [7, 11) is 1.14. The number of phenolic OH excluding ortho intramolecular Hbond substituents is 1. The number of phenols is 1. The first-order chi connectivity index (χ1) is 13.3. The minimum absolute atomic E-state index is 0.181. The Labute approximate surface area is 170 Å². The third kappa shape index (κ3) is 12.1. The fourth-order valence-electron chi connectivity index (χ4n) is 2.09. The van der Waals surface area contributed by atoms with E-state index in [1.165, 1.54) is 11.1 Å². The molecule has 2 N–H and O–H groups in total. The predicted octanol–water partition coefficient (Wildman–Crippen LogP) is 6.03. The summed E-state index contributed by atoms with van der Waals surface area (Å²) in [6.07, 6.45) is 0. The number of benzene rings is 2. The van der Waals surface area contributed by atoms with Crippen molar-refractivity contribution in [3.63, 3.8) is 0 Å². The van der Waals surface area contributed by atoms with Crippen LogP contribution in [0.5, 0.6) is 5.75 Å². The topological polar surface area (TPSA) is 43.7 Å². The summed E-state index contributed by atoms with van der Waals surface area (Å²) in [4.78, 5) is 0. The summed E-state index contributed by atoms with van der Waals surface area (Å²) in [5, 5.41) is 17.1. The molecule has 0 unspecified atom stereocenters. The number of hydrogen-bond acceptors (Lipinski definition) is 3. The van der Waals surface area contributed by atoms with Gasteiger partial charge in [0.05, 0.1) is 0 Å². The zero-order valence-electron chi connectivity index (χ0n) is 18.5. The minimum atomic E-state index is -0.528. The molecule has 0 amide bonds. The van der Waals surface area contributed by atoms with Gasteiger partial charge in [0.15, 0.2) is 0 Å². The van der Waals surface area contributed by atoms with Gasteiger partial charge in [-0.05, 0) is 60.4 Å². The maximum Gasteiger partial charge on any atom is 0.123 e. The summed E-state index contributed by atoms with van der Waals surface area (Å²) >= 11 is 0. The van der Waals surface area contributed by atoms with Crippen molar-refractivity contribution in [1.29, 1.82) is 0 Å². The number of aromatic hydroxyl groups is 1. The van der Waals surface area contributed by atoms with Crippen LogP contribution in [0.15, 0.2) is 42.5 Å². The van der Waals surface area contributed by atoms with Crippen molar-refractivity contribution in [3.05, 3.63) is 64.7 Å². The molecule has 0 fully saturated rings. The second-order valence-corrected chi connectivity index (χ2v) is 5.77. The van der Waals surface area contributed by atoms with E-state index in [1.807, 2.05) is 39.8 Å². The fraction of sp³-hybridized carbons (Fsp3) is 0.417. The number of rotatable bonds is 2. The lowest BCUT2D eigenvalue weighted by Crippen LogP contribution is -2.05. The molecule has 0 atom stereocenters. The molecule has 0 spiro atoms. The molecule has 2 aromatic carbocycles. The third-order valence-electron chi connectivity index (χ3n) is 3.31. The smallest absolute Gasteiger partial charge is 0.123 e. The van der Waals surface area contributed by atoms with E-state index in [0.29, 0.717) is 5.92 Å². The molecular weight excluding hydrogens is 353 g/mol. The van der Waals surface area contributed by atoms with Crippen molar-refractivity contribution < 1.29 is 14.7 Å². The lowest BCUT2D eigenvalue weighted by molar-refractivity contribution is -0.0256. The Hall–Kier alpha value is -2.35. The largest absolute Gasteiger partial charge is 0.508 e. The number of nitrogens with zero attached hydrogens (tertiary/aromatic N) is 1.